The van der Waals surface area contributed by atoms with E-state index in [2.05, 4.69) is 11.6 Å². The lowest BCUT2D eigenvalue weighted by atomic mass is 10.2. The molecule has 0 fully saturated rings. The van der Waals surface area contributed by atoms with Crippen LogP contribution in [0.4, 0.5) is 0 Å². The zero-order valence-electron chi connectivity index (χ0n) is 16.7. The van der Waals surface area contributed by atoms with E-state index in [1.807, 2.05) is 78.0 Å². The van der Waals surface area contributed by atoms with E-state index in [1.54, 1.807) is 35.3 Å². The Kier molecular flexibility index (Phi) is 13.4. The molecular formula is C22H31NOS2. The zero-order valence-corrected chi connectivity index (χ0v) is 18.4. The second-order valence-electron chi connectivity index (χ2n) is 5.04. The van der Waals surface area contributed by atoms with Crippen molar-refractivity contribution in [1.29, 1.82) is 0 Å². The molecule has 1 aromatic heterocycles. The van der Waals surface area contributed by atoms with Crippen LogP contribution in [-0.2, 0) is 5.75 Å². The second kappa shape index (κ2) is 14.4. The number of aliphatic hydroxyl groups excluding tert-OH is 1. The van der Waals surface area contributed by atoms with Gasteiger partial charge in [0.15, 0.2) is 0 Å². The summed E-state index contributed by atoms with van der Waals surface area (Å²) in [6.07, 6.45) is 15.0. The Morgan fingerprint density at radius 3 is 2.46 bits per heavy atom. The van der Waals surface area contributed by atoms with Crippen molar-refractivity contribution in [3.8, 4) is 0 Å². The van der Waals surface area contributed by atoms with Crippen LogP contribution in [0.5, 0.6) is 0 Å². The van der Waals surface area contributed by atoms with E-state index in [9.17, 15) is 5.11 Å². The third kappa shape index (κ3) is 9.07. The van der Waals surface area contributed by atoms with Crippen LogP contribution in [-0.4, -0.2) is 10.1 Å². The molecule has 0 radical (unpaired) electrons. The number of aliphatic hydroxyl groups is 1. The molecule has 26 heavy (non-hydrogen) atoms. The molecule has 0 bridgehead atoms. The van der Waals surface area contributed by atoms with Gasteiger partial charge in [0.1, 0.15) is 10.8 Å². The lowest BCUT2D eigenvalue weighted by molar-refractivity contribution is 0.432. The smallest absolute Gasteiger partial charge is 0.123 e. The van der Waals surface area contributed by atoms with E-state index in [0.717, 1.165) is 26.9 Å². The van der Waals surface area contributed by atoms with Crippen molar-refractivity contribution in [2.24, 2.45) is 0 Å². The predicted octanol–water partition coefficient (Wildman–Crippen LogP) is 7.78. The standard InChI is InChI=1S/C20H25NOS2.C2H6/c1-6-9-11-17(8-3)20-21-16(5)19(24-20)14-23-15(4)12-13-18(22)10-7-2;1-2/h6-13,22H,3,14H2,1-2,4-5H3;1-2H3/b9-6-,10-7-,15-12+,17-11+,18-13+;. The van der Waals surface area contributed by atoms with Crippen molar-refractivity contribution in [2.75, 3.05) is 0 Å². The second-order valence-corrected chi connectivity index (χ2v) is 7.34. The van der Waals surface area contributed by atoms with Crippen LogP contribution in [0.3, 0.4) is 0 Å². The monoisotopic (exact) mass is 389 g/mol. The van der Waals surface area contributed by atoms with E-state index < -0.39 is 0 Å². The minimum Gasteiger partial charge on any atom is -0.508 e. The summed E-state index contributed by atoms with van der Waals surface area (Å²) >= 11 is 3.46. The van der Waals surface area contributed by atoms with Gasteiger partial charge >= 0.3 is 0 Å². The lowest BCUT2D eigenvalue weighted by Gasteiger charge is -1.99. The number of aromatic nitrogens is 1. The highest BCUT2D eigenvalue weighted by Crippen LogP contribution is 2.30. The van der Waals surface area contributed by atoms with Gasteiger partial charge in [0.25, 0.3) is 0 Å². The summed E-state index contributed by atoms with van der Waals surface area (Å²) < 4.78 is 0. The molecule has 0 saturated carbocycles. The average molecular weight is 390 g/mol. The van der Waals surface area contributed by atoms with Gasteiger partial charge in [-0.05, 0) is 50.8 Å². The highest BCUT2D eigenvalue weighted by molar-refractivity contribution is 8.02. The number of allylic oxidation sites excluding steroid dienone is 10. The van der Waals surface area contributed by atoms with Gasteiger partial charge in [0, 0.05) is 16.2 Å². The van der Waals surface area contributed by atoms with Crippen LogP contribution >= 0.6 is 23.1 Å². The average Bonchev–Trinajstić information content (AvgIpc) is 3.01. The van der Waals surface area contributed by atoms with Crippen molar-refractivity contribution in [3.63, 3.8) is 0 Å². The minimum absolute atomic E-state index is 0.262. The Labute approximate surface area is 167 Å². The maximum absolute atomic E-state index is 9.58. The normalized spacial score (nSPS) is 13.2. The zero-order chi connectivity index (χ0) is 19.9. The fourth-order valence-electron chi connectivity index (χ4n) is 1.77. The topological polar surface area (TPSA) is 33.1 Å². The van der Waals surface area contributed by atoms with Crippen LogP contribution in [0.15, 0.2) is 65.9 Å². The summed E-state index contributed by atoms with van der Waals surface area (Å²) in [7, 11) is 0. The summed E-state index contributed by atoms with van der Waals surface area (Å²) in [4.78, 5) is 7.07. The van der Waals surface area contributed by atoms with Crippen LogP contribution in [0, 0.1) is 6.92 Å². The van der Waals surface area contributed by atoms with Gasteiger partial charge < -0.3 is 5.11 Å². The first-order valence-electron chi connectivity index (χ1n) is 8.77. The molecule has 0 aliphatic heterocycles. The molecule has 0 atom stereocenters. The van der Waals surface area contributed by atoms with E-state index in [-0.39, 0.29) is 5.76 Å². The molecule has 1 aromatic rings. The number of hydrogen-bond donors (Lipinski definition) is 1. The first kappa shape index (κ1) is 24.2. The summed E-state index contributed by atoms with van der Waals surface area (Å²) in [5, 5.41) is 10.6. The van der Waals surface area contributed by atoms with Crippen molar-refractivity contribution in [2.45, 2.75) is 47.3 Å². The molecule has 0 aromatic carbocycles. The maximum Gasteiger partial charge on any atom is 0.123 e. The van der Waals surface area contributed by atoms with Crippen LogP contribution < -0.4 is 0 Å². The molecule has 142 valence electrons. The molecule has 1 N–H and O–H groups in total. The Morgan fingerprint density at radius 2 is 1.88 bits per heavy atom. The van der Waals surface area contributed by atoms with Gasteiger partial charge in [0.05, 0.1) is 5.69 Å². The summed E-state index contributed by atoms with van der Waals surface area (Å²) in [6, 6.07) is 0. The highest BCUT2D eigenvalue weighted by Gasteiger charge is 2.09. The molecule has 1 rings (SSSR count). The number of thiazole rings is 1. The number of nitrogens with zero attached hydrogens (tertiary/aromatic N) is 1. The highest BCUT2D eigenvalue weighted by atomic mass is 32.2. The molecule has 4 heteroatoms. The van der Waals surface area contributed by atoms with Gasteiger partial charge in [-0.15, -0.1) is 23.1 Å². The van der Waals surface area contributed by atoms with Gasteiger partial charge in [0.2, 0.25) is 0 Å². The molecule has 1 heterocycles. The Hall–Kier alpha value is -1.78. The summed E-state index contributed by atoms with van der Waals surface area (Å²) in [6.45, 7) is 15.8. The van der Waals surface area contributed by atoms with Crippen LogP contribution in [0.2, 0.25) is 0 Å². The van der Waals surface area contributed by atoms with Gasteiger partial charge in [-0.3, -0.25) is 0 Å². The fraction of sp³-hybridized carbons (Fsp3) is 0.318. The summed E-state index contributed by atoms with van der Waals surface area (Å²) in [5.41, 5.74) is 2.11. The van der Waals surface area contributed by atoms with Crippen LogP contribution in [0.25, 0.3) is 5.57 Å². The minimum atomic E-state index is 0.262. The molecule has 0 amide bonds. The maximum atomic E-state index is 9.58. The molecule has 0 saturated heterocycles. The van der Waals surface area contributed by atoms with Crippen molar-refractivity contribution in [3.05, 3.63) is 81.4 Å². The SMILES string of the molecule is C=C/C(=C\C=C/C)c1nc(C)c(CS/C(C)=C/C=C(O)\C=C/C)s1.CC. The first-order chi connectivity index (χ1) is 12.5. The molecule has 0 aliphatic rings. The number of aryl methyl sites for hydroxylation is 1. The quantitative estimate of drug-likeness (QED) is 0.364. The number of rotatable bonds is 8. The number of thioether (sulfide) groups is 1. The Bertz CT molecular complexity index is 704. The lowest BCUT2D eigenvalue weighted by Crippen LogP contribution is -1.81. The molecular weight excluding hydrogens is 358 g/mol. The third-order valence-corrected chi connectivity index (χ3v) is 5.50. The van der Waals surface area contributed by atoms with Gasteiger partial charge in [-0.2, -0.15) is 0 Å². The Balaban J connectivity index is 0.00000301. The molecule has 0 aliphatic carbocycles. The van der Waals surface area contributed by atoms with Gasteiger partial charge in [-0.25, -0.2) is 4.98 Å². The van der Waals surface area contributed by atoms with Crippen LogP contribution in [0.1, 0.15) is 50.2 Å². The first-order valence-corrected chi connectivity index (χ1v) is 10.6. The van der Waals surface area contributed by atoms with E-state index in [0.29, 0.717) is 0 Å². The largest absolute Gasteiger partial charge is 0.508 e. The van der Waals surface area contributed by atoms with Crippen molar-refractivity contribution in [1.82, 2.24) is 4.98 Å². The van der Waals surface area contributed by atoms with E-state index in [4.69, 9.17) is 0 Å². The summed E-state index contributed by atoms with van der Waals surface area (Å²) in [5.74, 6) is 1.14. The van der Waals surface area contributed by atoms with E-state index in [1.165, 1.54) is 4.88 Å². The third-order valence-electron chi connectivity index (χ3n) is 3.08. The Morgan fingerprint density at radius 1 is 1.19 bits per heavy atom. The number of hydrogen-bond acceptors (Lipinski definition) is 4. The van der Waals surface area contributed by atoms with Crippen molar-refractivity contribution < 1.29 is 5.11 Å². The van der Waals surface area contributed by atoms with E-state index >= 15 is 0 Å². The predicted molar refractivity (Wildman–Crippen MR) is 122 cm³/mol. The fourth-order valence-corrected chi connectivity index (χ4v) is 3.79. The van der Waals surface area contributed by atoms with Gasteiger partial charge in [-0.1, -0.05) is 50.8 Å². The molecule has 0 spiro atoms. The molecule has 0 unspecified atom stereocenters. The van der Waals surface area contributed by atoms with Crippen molar-refractivity contribution >= 4 is 28.7 Å². The molecule has 2 nitrogen and oxygen atoms in total.